The molecular formula is C29H28Cl4N3O3+. The summed E-state index contributed by atoms with van der Waals surface area (Å²) >= 11 is 25.1. The van der Waals surface area contributed by atoms with Gasteiger partial charge in [-0.2, -0.15) is 0 Å². The quantitative estimate of drug-likeness (QED) is 0.183. The number of nitrogens with zero attached hydrogens (tertiary/aromatic N) is 2. The van der Waals surface area contributed by atoms with Gasteiger partial charge in [0.1, 0.15) is 30.8 Å². The fraction of sp³-hybridized carbons (Fsp3) is 0.241. The van der Waals surface area contributed by atoms with Gasteiger partial charge in [0.15, 0.2) is 6.04 Å². The van der Waals surface area contributed by atoms with Crippen molar-refractivity contribution in [2.24, 2.45) is 0 Å². The van der Waals surface area contributed by atoms with Crippen LogP contribution in [0.2, 0.25) is 20.1 Å². The number of benzene rings is 3. The van der Waals surface area contributed by atoms with Gasteiger partial charge in [-0.15, -0.1) is 0 Å². The molecule has 1 aromatic heterocycles. The maximum atomic E-state index is 12.8. The third-order valence-electron chi connectivity index (χ3n) is 6.31. The molecule has 2 unspecified atom stereocenters. The number of imidazole rings is 1. The molecule has 1 N–H and O–H groups in total. The van der Waals surface area contributed by atoms with E-state index in [4.69, 9.17) is 55.9 Å². The van der Waals surface area contributed by atoms with Crippen LogP contribution in [0.5, 0.6) is 5.75 Å². The van der Waals surface area contributed by atoms with E-state index in [1.165, 1.54) is 0 Å². The standard InChI is InChI=1S/C29H27Cl4N3O3/c1-19(29(37)34-15-20-3-8-24(38-2)9-4-20)36-12-11-35(18-36)16-28(25-10-7-23(31)14-27(25)33)39-17-21-5-6-22(30)13-26(21)32/h3-14,18-19,28H,15-17H2,1-2H3/p+1. The number of carbonyl (C=O) groups excluding carboxylic acids is 1. The minimum atomic E-state index is -0.420. The predicted molar refractivity (Wildman–Crippen MR) is 155 cm³/mol. The number of ether oxygens (including phenoxy) is 2. The molecule has 0 aliphatic carbocycles. The first-order valence-electron chi connectivity index (χ1n) is 12.2. The van der Waals surface area contributed by atoms with Crippen molar-refractivity contribution in [2.45, 2.75) is 38.8 Å². The second-order valence-corrected chi connectivity index (χ2v) is 10.7. The Kier molecular flexibility index (Phi) is 10.2. The molecule has 6 nitrogen and oxygen atoms in total. The summed E-state index contributed by atoms with van der Waals surface area (Å²) < 4.78 is 15.3. The number of rotatable bonds is 11. The molecular weight excluding hydrogens is 580 g/mol. The SMILES string of the molecule is COc1ccc(CNC(=O)C(C)n2cc[n+](CC(OCc3ccc(Cl)cc3Cl)c3ccc(Cl)cc3Cl)c2)cc1. The highest BCUT2D eigenvalue weighted by molar-refractivity contribution is 6.35. The van der Waals surface area contributed by atoms with E-state index in [-0.39, 0.29) is 12.5 Å². The number of amides is 1. The number of halogens is 4. The van der Waals surface area contributed by atoms with Crippen LogP contribution < -0.4 is 14.6 Å². The second-order valence-electron chi connectivity index (χ2n) is 9.00. The largest absolute Gasteiger partial charge is 0.497 e. The summed E-state index contributed by atoms with van der Waals surface area (Å²) in [6, 6.07) is 17.8. The van der Waals surface area contributed by atoms with E-state index >= 15 is 0 Å². The molecule has 0 saturated carbocycles. The highest BCUT2D eigenvalue weighted by Crippen LogP contribution is 2.31. The van der Waals surface area contributed by atoms with E-state index in [1.54, 1.807) is 31.4 Å². The lowest BCUT2D eigenvalue weighted by Gasteiger charge is -2.19. The lowest BCUT2D eigenvalue weighted by molar-refractivity contribution is -0.705. The second kappa shape index (κ2) is 13.6. The van der Waals surface area contributed by atoms with Crippen LogP contribution in [0.3, 0.4) is 0 Å². The predicted octanol–water partition coefficient (Wildman–Crippen LogP) is 7.23. The number of methoxy groups -OCH3 is 1. The average Bonchev–Trinajstić information content (AvgIpc) is 3.39. The zero-order chi connectivity index (χ0) is 27.9. The van der Waals surface area contributed by atoms with Crippen molar-refractivity contribution in [1.29, 1.82) is 0 Å². The van der Waals surface area contributed by atoms with Gasteiger partial charge in [0.2, 0.25) is 6.33 Å². The Bertz CT molecular complexity index is 1430. The minimum Gasteiger partial charge on any atom is -0.497 e. The molecule has 0 radical (unpaired) electrons. The minimum absolute atomic E-state index is 0.0977. The highest BCUT2D eigenvalue weighted by atomic mass is 35.5. The van der Waals surface area contributed by atoms with Crippen LogP contribution in [0, 0.1) is 0 Å². The molecule has 204 valence electrons. The Balaban J connectivity index is 1.45. The third kappa shape index (κ3) is 7.90. The maximum absolute atomic E-state index is 12.8. The Labute approximate surface area is 248 Å². The fourth-order valence-electron chi connectivity index (χ4n) is 3.99. The van der Waals surface area contributed by atoms with Gasteiger partial charge in [-0.1, -0.05) is 70.7 Å². The van der Waals surface area contributed by atoms with Crippen LogP contribution in [-0.4, -0.2) is 17.6 Å². The molecule has 1 amide bonds. The van der Waals surface area contributed by atoms with E-state index in [9.17, 15) is 4.79 Å². The van der Waals surface area contributed by atoms with E-state index in [2.05, 4.69) is 5.32 Å². The van der Waals surface area contributed by atoms with E-state index in [0.717, 1.165) is 22.4 Å². The van der Waals surface area contributed by atoms with Crippen LogP contribution >= 0.6 is 46.4 Å². The molecule has 3 aromatic carbocycles. The topological polar surface area (TPSA) is 56.4 Å². The molecule has 4 rings (SSSR count). The van der Waals surface area contributed by atoms with Crippen LogP contribution in [0.4, 0.5) is 0 Å². The van der Waals surface area contributed by atoms with Crippen molar-refractivity contribution >= 4 is 52.3 Å². The van der Waals surface area contributed by atoms with Crippen LogP contribution in [-0.2, 0) is 29.2 Å². The van der Waals surface area contributed by atoms with E-state index in [1.807, 2.05) is 71.2 Å². The van der Waals surface area contributed by atoms with Gasteiger partial charge in [0, 0.05) is 32.2 Å². The number of carbonyl (C=O) groups is 1. The molecule has 0 aliphatic rings. The van der Waals surface area contributed by atoms with E-state index < -0.39 is 12.1 Å². The van der Waals surface area contributed by atoms with Crippen molar-refractivity contribution in [3.63, 3.8) is 0 Å². The van der Waals surface area contributed by atoms with Crippen molar-refractivity contribution in [3.8, 4) is 5.75 Å². The summed E-state index contributed by atoms with van der Waals surface area (Å²) in [4.78, 5) is 12.8. The summed E-state index contributed by atoms with van der Waals surface area (Å²) in [5, 5.41) is 5.10. The Morgan fingerprint density at radius 3 is 2.33 bits per heavy atom. The summed E-state index contributed by atoms with van der Waals surface area (Å²) in [6.07, 6.45) is 5.20. The molecule has 0 aliphatic heterocycles. The van der Waals surface area contributed by atoms with Crippen LogP contribution in [0.1, 0.15) is 35.8 Å². The average molecular weight is 608 g/mol. The van der Waals surface area contributed by atoms with Crippen molar-refractivity contribution in [3.05, 3.63) is 116 Å². The summed E-state index contributed by atoms with van der Waals surface area (Å²) in [6.45, 7) is 2.97. The molecule has 1 heterocycles. The van der Waals surface area contributed by atoms with Crippen molar-refractivity contribution < 1.29 is 18.8 Å². The lowest BCUT2D eigenvalue weighted by atomic mass is 10.1. The first-order valence-corrected chi connectivity index (χ1v) is 13.7. The Morgan fingerprint density at radius 2 is 1.67 bits per heavy atom. The van der Waals surface area contributed by atoms with Gasteiger partial charge in [-0.05, 0) is 54.4 Å². The molecule has 0 spiro atoms. The van der Waals surface area contributed by atoms with E-state index in [0.29, 0.717) is 33.2 Å². The molecule has 4 aromatic rings. The summed E-state index contributed by atoms with van der Waals surface area (Å²) in [5.41, 5.74) is 2.58. The van der Waals surface area contributed by atoms with Gasteiger partial charge in [-0.25, -0.2) is 9.13 Å². The highest BCUT2D eigenvalue weighted by Gasteiger charge is 2.23. The number of hydrogen-bond donors (Lipinski definition) is 1. The van der Waals surface area contributed by atoms with Crippen LogP contribution in [0.15, 0.2) is 79.4 Å². The van der Waals surface area contributed by atoms with Crippen molar-refractivity contribution in [2.75, 3.05) is 7.11 Å². The molecule has 0 saturated heterocycles. The first kappa shape index (κ1) is 29.2. The fourth-order valence-corrected chi connectivity index (χ4v) is 4.98. The van der Waals surface area contributed by atoms with Crippen LogP contribution in [0.25, 0.3) is 0 Å². The normalized spacial score (nSPS) is 12.7. The first-order chi connectivity index (χ1) is 18.7. The molecule has 10 heteroatoms. The maximum Gasteiger partial charge on any atom is 0.265 e. The van der Waals surface area contributed by atoms with Gasteiger partial charge < -0.3 is 14.8 Å². The monoisotopic (exact) mass is 606 g/mol. The molecule has 39 heavy (non-hydrogen) atoms. The zero-order valence-electron chi connectivity index (χ0n) is 21.4. The van der Waals surface area contributed by atoms with Crippen molar-refractivity contribution in [1.82, 2.24) is 9.88 Å². The molecule has 2 atom stereocenters. The molecule has 0 bridgehead atoms. The zero-order valence-corrected chi connectivity index (χ0v) is 24.4. The molecule has 0 fully saturated rings. The number of hydrogen-bond acceptors (Lipinski definition) is 3. The smallest absolute Gasteiger partial charge is 0.265 e. The lowest BCUT2D eigenvalue weighted by Crippen LogP contribution is -2.36. The number of nitrogens with one attached hydrogen (secondary N) is 1. The van der Waals surface area contributed by atoms with Gasteiger partial charge in [0.05, 0.1) is 13.7 Å². The van der Waals surface area contributed by atoms with Gasteiger partial charge in [-0.3, -0.25) is 4.79 Å². The van der Waals surface area contributed by atoms with Gasteiger partial charge >= 0.3 is 0 Å². The summed E-state index contributed by atoms with van der Waals surface area (Å²) in [5.74, 6) is 0.674. The Morgan fingerprint density at radius 1 is 0.974 bits per heavy atom. The van der Waals surface area contributed by atoms with Gasteiger partial charge in [0.25, 0.3) is 5.91 Å². The summed E-state index contributed by atoms with van der Waals surface area (Å²) in [7, 11) is 1.62. The Hall–Kier alpha value is -2.74. The number of aromatic nitrogens is 2. The third-order valence-corrected chi connectivity index (χ3v) is 7.45.